The van der Waals surface area contributed by atoms with E-state index in [0.29, 0.717) is 10.7 Å². The minimum absolute atomic E-state index is 0.0560. The van der Waals surface area contributed by atoms with Gasteiger partial charge in [-0.05, 0) is 12.1 Å². The number of hydrogen-bond acceptors (Lipinski definition) is 6. The van der Waals surface area contributed by atoms with Gasteiger partial charge in [0.2, 0.25) is 5.13 Å². The van der Waals surface area contributed by atoms with Crippen LogP contribution in [0.2, 0.25) is 0 Å². The number of aromatic nitrogens is 2. The van der Waals surface area contributed by atoms with Crippen LogP contribution in [-0.4, -0.2) is 21.0 Å². The Morgan fingerprint density at radius 3 is 2.45 bits per heavy atom. The summed E-state index contributed by atoms with van der Waals surface area (Å²) in [7, 11) is 0. The third-order valence-electron chi connectivity index (χ3n) is 2.50. The van der Waals surface area contributed by atoms with Crippen molar-refractivity contribution in [2.75, 3.05) is 5.32 Å². The Balaban J connectivity index is 2.09. The molecule has 1 amide bonds. The average molecular weight is 292 g/mol. The monoisotopic (exact) mass is 292 g/mol. The predicted molar refractivity (Wildman–Crippen MR) is 75.0 cm³/mol. The van der Waals surface area contributed by atoms with Crippen LogP contribution in [0.5, 0.6) is 0 Å². The molecule has 0 aliphatic carbocycles. The van der Waals surface area contributed by atoms with Crippen LogP contribution in [0, 0.1) is 10.1 Å². The topological polar surface area (TPSA) is 98.0 Å². The molecule has 7 nitrogen and oxygen atoms in total. The molecule has 0 radical (unpaired) electrons. The van der Waals surface area contributed by atoms with E-state index in [1.807, 2.05) is 13.8 Å². The van der Waals surface area contributed by atoms with Crippen molar-refractivity contribution < 1.29 is 9.72 Å². The lowest BCUT2D eigenvalue weighted by Crippen LogP contribution is -2.11. The Kier molecular flexibility index (Phi) is 4.04. The van der Waals surface area contributed by atoms with Crippen molar-refractivity contribution in [1.29, 1.82) is 0 Å². The summed E-state index contributed by atoms with van der Waals surface area (Å²) in [5, 5.41) is 22.2. The molecular weight excluding hydrogens is 280 g/mol. The predicted octanol–water partition coefficient (Wildman–Crippen LogP) is 2.82. The van der Waals surface area contributed by atoms with Crippen molar-refractivity contribution in [3.8, 4) is 0 Å². The summed E-state index contributed by atoms with van der Waals surface area (Å²) in [6, 6.07) is 5.37. The molecule has 0 aliphatic heterocycles. The van der Waals surface area contributed by atoms with Crippen LogP contribution in [-0.2, 0) is 0 Å². The molecule has 0 atom stereocenters. The smallest absolute Gasteiger partial charge is 0.269 e. The first-order valence-corrected chi connectivity index (χ1v) is 6.68. The van der Waals surface area contributed by atoms with Crippen LogP contribution in [0.1, 0.15) is 35.1 Å². The summed E-state index contributed by atoms with van der Waals surface area (Å²) in [6.07, 6.45) is 0. The van der Waals surface area contributed by atoms with Crippen molar-refractivity contribution in [2.24, 2.45) is 0 Å². The number of rotatable bonds is 4. The van der Waals surface area contributed by atoms with Crippen molar-refractivity contribution >= 4 is 28.1 Å². The summed E-state index contributed by atoms with van der Waals surface area (Å²) in [5.41, 5.74) is 0.274. The number of anilines is 1. The highest BCUT2D eigenvalue weighted by Crippen LogP contribution is 2.23. The molecule has 0 saturated carbocycles. The SMILES string of the molecule is CC(C)c1nnc(NC(=O)c2ccc([N+](=O)[O-])cc2)s1. The first-order chi connectivity index (χ1) is 9.47. The molecule has 8 heteroatoms. The molecule has 0 aliphatic rings. The van der Waals surface area contributed by atoms with Gasteiger partial charge in [0.25, 0.3) is 11.6 Å². The van der Waals surface area contributed by atoms with Gasteiger partial charge < -0.3 is 0 Å². The Labute approximate surface area is 118 Å². The molecule has 20 heavy (non-hydrogen) atoms. The van der Waals surface area contributed by atoms with Gasteiger partial charge in [0.15, 0.2) is 0 Å². The molecule has 0 bridgehead atoms. The van der Waals surface area contributed by atoms with Gasteiger partial charge in [-0.25, -0.2) is 0 Å². The quantitative estimate of drug-likeness (QED) is 0.690. The second-order valence-electron chi connectivity index (χ2n) is 4.36. The maximum Gasteiger partial charge on any atom is 0.269 e. The Hall–Kier alpha value is -2.35. The van der Waals surface area contributed by atoms with Gasteiger partial charge in [-0.1, -0.05) is 25.2 Å². The largest absolute Gasteiger partial charge is 0.296 e. The van der Waals surface area contributed by atoms with Gasteiger partial charge in [0.05, 0.1) is 4.92 Å². The number of benzene rings is 1. The van der Waals surface area contributed by atoms with Crippen LogP contribution in [0.3, 0.4) is 0 Å². The van der Waals surface area contributed by atoms with E-state index in [2.05, 4.69) is 15.5 Å². The van der Waals surface area contributed by atoms with E-state index in [9.17, 15) is 14.9 Å². The fourth-order valence-electron chi connectivity index (χ4n) is 1.42. The highest BCUT2D eigenvalue weighted by Gasteiger charge is 2.13. The normalized spacial score (nSPS) is 10.6. The number of nitro groups is 1. The molecule has 0 spiro atoms. The van der Waals surface area contributed by atoms with E-state index in [4.69, 9.17) is 0 Å². The lowest BCUT2D eigenvalue weighted by molar-refractivity contribution is -0.384. The lowest BCUT2D eigenvalue weighted by atomic mass is 10.2. The number of hydrogen-bond donors (Lipinski definition) is 1. The summed E-state index contributed by atoms with van der Waals surface area (Å²) in [4.78, 5) is 21.9. The number of non-ortho nitro benzene ring substituents is 1. The van der Waals surface area contributed by atoms with Crippen LogP contribution < -0.4 is 5.32 Å². The van der Waals surface area contributed by atoms with Gasteiger partial charge in [-0.2, -0.15) is 0 Å². The maximum absolute atomic E-state index is 11.9. The number of carbonyl (C=O) groups excluding carboxylic acids is 1. The fourth-order valence-corrected chi connectivity index (χ4v) is 2.16. The number of carbonyl (C=O) groups is 1. The van der Waals surface area contributed by atoms with Gasteiger partial charge in [0, 0.05) is 23.6 Å². The lowest BCUT2D eigenvalue weighted by Gasteiger charge is -2.00. The minimum Gasteiger partial charge on any atom is -0.296 e. The second kappa shape index (κ2) is 5.74. The van der Waals surface area contributed by atoms with Crippen molar-refractivity contribution in [2.45, 2.75) is 19.8 Å². The van der Waals surface area contributed by atoms with Crippen LogP contribution in [0.4, 0.5) is 10.8 Å². The summed E-state index contributed by atoms with van der Waals surface area (Å²) in [5.74, 6) is -0.121. The van der Waals surface area contributed by atoms with Crippen molar-refractivity contribution in [3.63, 3.8) is 0 Å². The number of nitrogens with zero attached hydrogens (tertiary/aromatic N) is 3. The van der Waals surface area contributed by atoms with Crippen molar-refractivity contribution in [3.05, 3.63) is 45.0 Å². The molecular formula is C12H12N4O3S. The molecule has 2 rings (SSSR count). The van der Waals surface area contributed by atoms with Crippen LogP contribution in [0.15, 0.2) is 24.3 Å². The fraction of sp³-hybridized carbons (Fsp3) is 0.250. The average Bonchev–Trinajstić information content (AvgIpc) is 2.87. The minimum atomic E-state index is -0.513. The molecule has 1 N–H and O–H groups in total. The molecule has 1 aromatic heterocycles. The van der Waals surface area contributed by atoms with Crippen molar-refractivity contribution in [1.82, 2.24) is 10.2 Å². The number of nitro benzene ring substituents is 1. The van der Waals surface area contributed by atoms with Gasteiger partial charge in [-0.3, -0.25) is 20.2 Å². The van der Waals surface area contributed by atoms with E-state index < -0.39 is 4.92 Å². The molecule has 2 aromatic rings. The molecule has 0 unspecified atom stereocenters. The summed E-state index contributed by atoms with van der Waals surface area (Å²) >= 11 is 1.31. The standard InChI is InChI=1S/C12H12N4O3S/c1-7(2)11-14-15-12(20-11)13-10(17)8-3-5-9(6-4-8)16(18)19/h3-7H,1-2H3,(H,13,15,17). The summed E-state index contributed by atoms with van der Waals surface area (Å²) in [6.45, 7) is 3.98. The molecule has 0 fully saturated rings. The molecule has 0 saturated heterocycles. The van der Waals surface area contributed by atoms with E-state index in [-0.39, 0.29) is 17.5 Å². The third kappa shape index (κ3) is 3.15. The first kappa shape index (κ1) is 14.1. The van der Waals surface area contributed by atoms with Gasteiger partial charge in [0.1, 0.15) is 5.01 Å². The van der Waals surface area contributed by atoms with Gasteiger partial charge >= 0.3 is 0 Å². The Morgan fingerprint density at radius 1 is 1.30 bits per heavy atom. The molecule has 1 heterocycles. The zero-order chi connectivity index (χ0) is 14.7. The highest BCUT2D eigenvalue weighted by molar-refractivity contribution is 7.15. The van der Waals surface area contributed by atoms with Crippen LogP contribution >= 0.6 is 11.3 Å². The third-order valence-corrected chi connectivity index (χ3v) is 3.63. The number of nitrogens with one attached hydrogen (secondary N) is 1. The zero-order valence-corrected chi connectivity index (χ0v) is 11.7. The zero-order valence-electron chi connectivity index (χ0n) is 10.9. The van der Waals surface area contributed by atoms with E-state index in [0.717, 1.165) is 5.01 Å². The summed E-state index contributed by atoms with van der Waals surface area (Å²) < 4.78 is 0. The van der Waals surface area contributed by atoms with Gasteiger partial charge in [-0.15, -0.1) is 10.2 Å². The second-order valence-corrected chi connectivity index (χ2v) is 5.37. The van der Waals surface area contributed by atoms with E-state index >= 15 is 0 Å². The van der Waals surface area contributed by atoms with E-state index in [1.165, 1.54) is 35.6 Å². The Bertz CT molecular complexity index is 636. The molecule has 104 valence electrons. The van der Waals surface area contributed by atoms with E-state index in [1.54, 1.807) is 0 Å². The van der Waals surface area contributed by atoms with Crippen LogP contribution in [0.25, 0.3) is 0 Å². The number of amides is 1. The molecule has 1 aromatic carbocycles. The highest BCUT2D eigenvalue weighted by atomic mass is 32.1. The Morgan fingerprint density at radius 2 is 1.95 bits per heavy atom. The maximum atomic E-state index is 11.9. The first-order valence-electron chi connectivity index (χ1n) is 5.86.